The van der Waals surface area contributed by atoms with E-state index in [1.54, 1.807) is 0 Å². The molecule has 3 aliphatic rings. The molecule has 0 bridgehead atoms. The molecule has 2 aromatic rings. The number of aliphatic carboxylic acids is 1. The topological polar surface area (TPSA) is 97.8 Å². The maximum atomic E-state index is 12.2. The average Bonchev–Trinajstić information content (AvgIpc) is 3.66. The van der Waals surface area contributed by atoms with Crippen LogP contribution in [0, 0.1) is 5.92 Å². The molecule has 0 spiro atoms. The highest BCUT2D eigenvalue weighted by atomic mass is 16.7. The number of nitrogens with zero attached hydrogens (tertiary/aromatic N) is 2. The van der Waals surface area contributed by atoms with Crippen LogP contribution in [0.5, 0.6) is 23.0 Å². The number of carboxylic acids is 1. The third kappa shape index (κ3) is 6.15. The van der Waals surface area contributed by atoms with Gasteiger partial charge in [0.1, 0.15) is 0 Å². The van der Waals surface area contributed by atoms with Crippen molar-refractivity contribution in [3.63, 3.8) is 0 Å². The van der Waals surface area contributed by atoms with Crippen molar-refractivity contribution in [3.05, 3.63) is 47.5 Å². The quantitative estimate of drug-likeness (QED) is 0.447. The van der Waals surface area contributed by atoms with E-state index < -0.39 is 11.9 Å². The number of carbonyl (C=O) groups is 2. The number of fused-ring (bicyclic) bond motifs is 2. The van der Waals surface area contributed by atoms with Crippen LogP contribution in [0.25, 0.3) is 0 Å². The van der Waals surface area contributed by atoms with E-state index in [-0.39, 0.29) is 25.5 Å². The summed E-state index contributed by atoms with van der Waals surface area (Å²) in [5.41, 5.74) is 1.86. The SMILES string of the molecule is CCCCN(C=O)CCCC.CN1CC(c2ccc3c(c2)OCO3)C(C(=O)O)C1c1ccc2c(c1)OCO2. The molecule has 1 N–H and O–H groups in total. The van der Waals surface area contributed by atoms with E-state index in [1.165, 1.54) is 0 Å². The van der Waals surface area contributed by atoms with Crippen molar-refractivity contribution in [1.29, 1.82) is 0 Å². The normalized spacial score (nSPS) is 21.1. The van der Waals surface area contributed by atoms with Gasteiger partial charge in [-0.05, 0) is 55.3 Å². The number of likely N-dealkylation sites (tertiary alicyclic amines) is 1. The Morgan fingerprint density at radius 2 is 1.45 bits per heavy atom. The lowest BCUT2D eigenvalue weighted by atomic mass is 9.82. The molecule has 1 amide bonds. The largest absolute Gasteiger partial charge is 0.481 e. The van der Waals surface area contributed by atoms with Crippen molar-refractivity contribution in [2.24, 2.45) is 5.92 Å². The molecule has 0 aliphatic carbocycles. The van der Waals surface area contributed by atoms with Gasteiger partial charge in [-0.15, -0.1) is 0 Å². The summed E-state index contributed by atoms with van der Waals surface area (Å²) in [6.07, 6.45) is 5.54. The third-order valence-corrected chi connectivity index (χ3v) is 7.33. The van der Waals surface area contributed by atoms with Gasteiger partial charge in [0.15, 0.2) is 23.0 Å². The number of hydrogen-bond acceptors (Lipinski definition) is 7. The Bertz CT molecular complexity index is 1100. The zero-order valence-corrected chi connectivity index (χ0v) is 22.4. The highest BCUT2D eigenvalue weighted by molar-refractivity contribution is 5.74. The molecular weight excluding hydrogens is 488 g/mol. The Balaban J connectivity index is 0.000000261. The van der Waals surface area contributed by atoms with Gasteiger partial charge in [0.05, 0.1) is 5.92 Å². The molecule has 1 fully saturated rings. The molecular formula is C29H38N2O7. The van der Waals surface area contributed by atoms with Gasteiger partial charge in [-0.25, -0.2) is 0 Å². The fourth-order valence-corrected chi connectivity index (χ4v) is 5.29. The summed E-state index contributed by atoms with van der Waals surface area (Å²) in [6.45, 7) is 7.17. The van der Waals surface area contributed by atoms with Crippen LogP contribution in [0.3, 0.4) is 0 Å². The zero-order valence-electron chi connectivity index (χ0n) is 22.4. The minimum atomic E-state index is -0.815. The van der Waals surface area contributed by atoms with Crippen LogP contribution in [0.1, 0.15) is 62.6 Å². The summed E-state index contributed by atoms with van der Waals surface area (Å²) in [4.78, 5) is 26.6. The van der Waals surface area contributed by atoms with Gasteiger partial charge in [0.2, 0.25) is 20.0 Å². The number of carboxylic acid groups (broad SMARTS) is 1. The van der Waals surface area contributed by atoms with Crippen LogP contribution in [0.2, 0.25) is 0 Å². The van der Waals surface area contributed by atoms with Gasteiger partial charge >= 0.3 is 5.97 Å². The van der Waals surface area contributed by atoms with Crippen molar-refractivity contribution >= 4 is 12.4 Å². The van der Waals surface area contributed by atoms with E-state index in [9.17, 15) is 14.7 Å². The molecule has 3 aliphatic heterocycles. The van der Waals surface area contributed by atoms with Gasteiger partial charge in [-0.3, -0.25) is 14.5 Å². The Morgan fingerprint density at radius 3 is 1.97 bits per heavy atom. The second-order valence-electron chi connectivity index (χ2n) is 9.93. The van der Waals surface area contributed by atoms with Gasteiger partial charge < -0.3 is 29.0 Å². The minimum Gasteiger partial charge on any atom is -0.481 e. The molecule has 3 heterocycles. The molecule has 1 saturated heterocycles. The van der Waals surface area contributed by atoms with Crippen LogP contribution in [-0.2, 0) is 9.59 Å². The molecule has 3 atom stereocenters. The summed E-state index contributed by atoms with van der Waals surface area (Å²) in [5, 5.41) is 10.0. The number of hydrogen-bond donors (Lipinski definition) is 1. The predicted octanol–water partition coefficient (Wildman–Crippen LogP) is 4.66. The first-order valence-electron chi connectivity index (χ1n) is 13.4. The van der Waals surface area contributed by atoms with Crippen molar-refractivity contribution in [2.45, 2.75) is 51.5 Å². The maximum absolute atomic E-state index is 12.2. The number of likely N-dealkylation sites (N-methyl/N-ethyl adjacent to an activating group) is 1. The molecule has 3 unspecified atom stereocenters. The first-order valence-corrected chi connectivity index (χ1v) is 13.4. The summed E-state index contributed by atoms with van der Waals surface area (Å²) in [7, 11) is 1.96. The van der Waals surface area contributed by atoms with Crippen molar-refractivity contribution in [3.8, 4) is 23.0 Å². The van der Waals surface area contributed by atoms with E-state index in [4.69, 9.17) is 18.9 Å². The summed E-state index contributed by atoms with van der Waals surface area (Å²) >= 11 is 0. The Hall–Kier alpha value is -3.46. The number of amides is 1. The van der Waals surface area contributed by atoms with Crippen LogP contribution in [0.4, 0.5) is 0 Å². The second-order valence-corrected chi connectivity index (χ2v) is 9.93. The third-order valence-electron chi connectivity index (χ3n) is 7.33. The number of carbonyl (C=O) groups excluding carboxylic acids is 1. The molecule has 9 nitrogen and oxygen atoms in total. The van der Waals surface area contributed by atoms with Crippen LogP contribution in [0.15, 0.2) is 36.4 Å². The number of ether oxygens (including phenoxy) is 4. The number of unbranched alkanes of at least 4 members (excludes halogenated alkanes) is 2. The van der Waals surface area contributed by atoms with Crippen LogP contribution < -0.4 is 18.9 Å². The molecule has 206 valence electrons. The predicted molar refractivity (Wildman–Crippen MR) is 142 cm³/mol. The van der Waals surface area contributed by atoms with Crippen LogP contribution in [-0.4, -0.2) is 67.6 Å². The molecule has 0 saturated carbocycles. The smallest absolute Gasteiger partial charge is 0.309 e. The van der Waals surface area contributed by atoms with Crippen LogP contribution >= 0.6 is 0 Å². The monoisotopic (exact) mass is 526 g/mol. The van der Waals surface area contributed by atoms with E-state index in [1.807, 2.05) is 48.3 Å². The highest BCUT2D eigenvalue weighted by Gasteiger charge is 2.46. The van der Waals surface area contributed by atoms with Gasteiger partial charge in [-0.1, -0.05) is 38.8 Å². The zero-order chi connectivity index (χ0) is 27.1. The molecule has 0 radical (unpaired) electrons. The fraction of sp³-hybridized carbons (Fsp3) is 0.517. The number of benzene rings is 2. The maximum Gasteiger partial charge on any atom is 0.309 e. The molecule has 2 aromatic carbocycles. The van der Waals surface area contributed by atoms with Crippen molar-refractivity contribution < 1.29 is 33.6 Å². The average molecular weight is 527 g/mol. The molecule has 0 aromatic heterocycles. The van der Waals surface area contributed by atoms with Gasteiger partial charge in [0, 0.05) is 31.6 Å². The lowest BCUT2D eigenvalue weighted by molar-refractivity contribution is -0.143. The van der Waals surface area contributed by atoms with Gasteiger partial charge in [0.25, 0.3) is 0 Å². The summed E-state index contributed by atoms with van der Waals surface area (Å²) in [6, 6.07) is 11.1. The lowest BCUT2D eigenvalue weighted by Gasteiger charge is -2.24. The van der Waals surface area contributed by atoms with Crippen molar-refractivity contribution in [1.82, 2.24) is 9.80 Å². The molecule has 9 heteroatoms. The Kier molecular flexibility index (Phi) is 9.33. The van der Waals surface area contributed by atoms with E-state index in [0.717, 1.165) is 56.3 Å². The first-order chi connectivity index (χ1) is 18.5. The molecule has 38 heavy (non-hydrogen) atoms. The summed E-state index contributed by atoms with van der Waals surface area (Å²) < 4.78 is 21.7. The standard InChI is InChI=1S/C20H19NO6.C9H19NO/c1-21-8-13(11-2-4-14-16(6-11)26-9-24-14)18(20(22)23)19(21)12-3-5-15-17(7-12)27-10-25-15;1-3-5-7-10(9-11)8-6-4-2/h2-7,13,18-19H,8-10H2,1H3,(H,22,23);9H,3-8H2,1-2H3. The highest BCUT2D eigenvalue weighted by Crippen LogP contribution is 2.48. The minimum absolute atomic E-state index is 0.155. The summed E-state index contributed by atoms with van der Waals surface area (Å²) in [5.74, 6) is 1.17. The van der Waals surface area contributed by atoms with E-state index >= 15 is 0 Å². The fourth-order valence-electron chi connectivity index (χ4n) is 5.29. The lowest BCUT2D eigenvalue weighted by Crippen LogP contribution is -2.26. The van der Waals surface area contributed by atoms with Gasteiger partial charge in [-0.2, -0.15) is 0 Å². The van der Waals surface area contributed by atoms with E-state index in [0.29, 0.717) is 29.5 Å². The Morgan fingerprint density at radius 1 is 0.921 bits per heavy atom. The second kappa shape index (κ2) is 12.9. The Labute approximate surface area is 224 Å². The molecule has 5 rings (SSSR count). The van der Waals surface area contributed by atoms with Crippen molar-refractivity contribution in [2.75, 3.05) is 40.3 Å². The van der Waals surface area contributed by atoms with E-state index in [2.05, 4.69) is 18.7 Å². The first kappa shape index (κ1) is 27.6. The number of rotatable bonds is 10.